The minimum Gasteiger partial charge on any atom is -0.457 e. The van der Waals surface area contributed by atoms with Gasteiger partial charge in [-0.05, 0) is 167 Å². The summed E-state index contributed by atoms with van der Waals surface area (Å²) in [5.74, 6) is 5.48. The number of rotatable bonds is 16. The Morgan fingerprint density at radius 3 is 1.11 bits per heavy atom. The van der Waals surface area contributed by atoms with Crippen LogP contribution in [0.15, 0.2) is 220 Å². The van der Waals surface area contributed by atoms with Gasteiger partial charge in [0.2, 0.25) is 21.8 Å². The zero-order valence-electron chi connectivity index (χ0n) is 55.5. The number of ether oxygens (including phenoxy) is 3. The van der Waals surface area contributed by atoms with Crippen LogP contribution in [0.1, 0.15) is 63.6 Å². The maximum absolute atomic E-state index is 12.4. The molecule has 512 valence electrons. The van der Waals surface area contributed by atoms with Crippen LogP contribution in [0.5, 0.6) is 34.5 Å². The van der Waals surface area contributed by atoms with E-state index in [-0.39, 0.29) is 29.9 Å². The molecule has 6 aromatic carbocycles. The van der Waals surface area contributed by atoms with Crippen molar-refractivity contribution >= 4 is 72.4 Å². The van der Waals surface area contributed by atoms with Gasteiger partial charge in [0.15, 0.2) is 16.9 Å². The van der Waals surface area contributed by atoms with Gasteiger partial charge in [-0.2, -0.15) is 19.6 Å². The highest BCUT2D eigenvalue weighted by atomic mass is 32.2. The summed E-state index contributed by atoms with van der Waals surface area (Å²) in [7, 11) is -3.51. The molecular weight excluding hydrogens is 1300 g/mol. The number of carbonyl (C=O) groups is 2. The number of nitrogens with zero attached hydrogens (tertiary/aromatic N) is 15. The predicted octanol–water partition coefficient (Wildman–Crippen LogP) is 12.8. The molecule has 0 bridgehead atoms. The van der Waals surface area contributed by atoms with Crippen LogP contribution in [0.25, 0.3) is 66.9 Å². The summed E-state index contributed by atoms with van der Waals surface area (Å²) in [5, 5.41) is 17.7. The molecule has 6 aromatic heterocycles. The number of piperidine rings is 3. The largest absolute Gasteiger partial charge is 0.457 e. The average molecular weight is 1370 g/mol. The lowest BCUT2D eigenvalue weighted by atomic mass is 10.1. The second-order valence-corrected chi connectivity index (χ2v) is 26.2. The van der Waals surface area contributed by atoms with Gasteiger partial charge < -0.3 is 41.2 Å². The van der Waals surface area contributed by atoms with Gasteiger partial charge in [0.25, 0.3) is 0 Å². The van der Waals surface area contributed by atoms with Gasteiger partial charge in [-0.25, -0.2) is 52.4 Å². The fraction of sp³-hybridized carbons (Fsp3) is 0.213. The van der Waals surface area contributed by atoms with Gasteiger partial charge in [0.05, 0.1) is 34.3 Å². The Morgan fingerprint density at radius 2 is 0.772 bits per heavy atom. The van der Waals surface area contributed by atoms with E-state index in [1.165, 1.54) is 29.4 Å². The number of benzene rings is 6. The Kier molecular flexibility index (Phi) is 20.2. The molecule has 101 heavy (non-hydrogen) atoms. The lowest BCUT2D eigenvalue weighted by Gasteiger charge is -2.32. The van der Waals surface area contributed by atoms with Crippen molar-refractivity contribution in [3.05, 3.63) is 220 Å². The standard InChI is InChI=1S/C26H26N6O2.C25H24N6O2.C24H24N6O3S/c1-2-7-22(33)31-15-6-8-19(16-31)32-26-23(25(27)28-17-29-26)24(30-32)18-11-13-21(14-12-18)34-20-9-4-3-5-10-20;1-2-21(32)30-14-6-7-18(15-30)31-25-22(24(26)27-16-28-25)23(29-31)17-10-12-20(13-11-17)33-19-8-4-3-5-9-19;1-2-34(31,32)29-14-6-7-18(15-29)30-24-21(23(25)26-16-27-24)22(28-30)17-10-12-20(13-11-17)33-19-8-4-3-5-9-19/h2-5,7,9-14,17,19H,6,8,15-16H2,1H3,(H2,27,28,29);2-5,8-13,16,18H,1,6-7,14-15H2,(H2,26,27,28);2-5,8-13,16,18H,1,6-7,14-15H2,(H2,25,26,27)/b7-2+;;. The fourth-order valence-electron chi connectivity index (χ4n) is 12.8. The van der Waals surface area contributed by atoms with Crippen molar-refractivity contribution in [1.82, 2.24) is 73.4 Å². The van der Waals surface area contributed by atoms with E-state index in [1.54, 1.807) is 21.7 Å². The van der Waals surface area contributed by atoms with E-state index < -0.39 is 10.0 Å². The second kappa shape index (κ2) is 30.3. The SMILES string of the molecule is C/C=C/C(=O)N1CCCC(n2nc(-c3ccc(Oc4ccccc4)cc3)c3c(N)ncnc32)C1.C=CC(=O)N1CCCC(n2nc(-c3ccc(Oc4ccccc4)cc3)c3c(N)ncnc32)C1.C=CS(=O)(=O)N1CCCC(n2nc(-c3ccc(Oc4ccccc4)cc3)c3c(N)ncnc32)C1. The van der Waals surface area contributed by atoms with Crippen LogP contribution < -0.4 is 31.4 Å². The van der Waals surface area contributed by atoms with Crippen molar-refractivity contribution in [1.29, 1.82) is 0 Å². The molecule has 12 aromatic rings. The fourth-order valence-corrected chi connectivity index (χ4v) is 13.8. The summed E-state index contributed by atoms with van der Waals surface area (Å²) in [6.07, 6.45) is 14.1. The molecule has 3 unspecified atom stereocenters. The minimum absolute atomic E-state index is 0.00566. The molecule has 15 rings (SSSR count). The molecule has 26 heteroatoms. The van der Waals surface area contributed by atoms with Crippen molar-refractivity contribution in [3.8, 4) is 68.3 Å². The number of likely N-dealkylation sites (tertiary alicyclic amines) is 2. The van der Waals surface area contributed by atoms with Crippen molar-refractivity contribution in [2.75, 3.05) is 56.5 Å². The van der Waals surface area contributed by atoms with Gasteiger partial charge in [0, 0.05) is 61.4 Å². The lowest BCUT2D eigenvalue weighted by Crippen LogP contribution is -2.40. The Bertz CT molecular complexity index is 5080. The number of nitrogen functional groups attached to an aromatic ring is 3. The number of sulfonamides is 1. The Hall–Kier alpha value is -12.2. The van der Waals surface area contributed by atoms with Crippen molar-refractivity contribution in [2.24, 2.45) is 0 Å². The predicted molar refractivity (Wildman–Crippen MR) is 389 cm³/mol. The first-order chi connectivity index (χ1) is 49.2. The lowest BCUT2D eigenvalue weighted by molar-refractivity contribution is -0.128. The number of hydrogen-bond donors (Lipinski definition) is 3. The molecule has 6 N–H and O–H groups in total. The molecule has 3 fully saturated rings. The molecule has 25 nitrogen and oxygen atoms in total. The van der Waals surface area contributed by atoms with E-state index >= 15 is 0 Å². The van der Waals surface area contributed by atoms with Gasteiger partial charge in [-0.3, -0.25) is 9.59 Å². The Labute approximate surface area is 582 Å². The zero-order valence-corrected chi connectivity index (χ0v) is 56.3. The molecule has 9 heterocycles. The molecule has 2 amide bonds. The highest BCUT2D eigenvalue weighted by Crippen LogP contribution is 2.39. The number of amides is 2. The number of anilines is 3. The number of fused-ring (bicyclic) bond motifs is 3. The third-order valence-corrected chi connectivity index (χ3v) is 19.2. The molecule has 3 saturated heterocycles. The van der Waals surface area contributed by atoms with Crippen LogP contribution in [-0.2, 0) is 19.6 Å². The number of nitrogens with two attached hydrogens (primary N) is 3. The first-order valence-electron chi connectivity index (χ1n) is 33.2. The van der Waals surface area contributed by atoms with Gasteiger partial charge in [0.1, 0.15) is 88.0 Å². The average Bonchev–Trinajstić information content (AvgIpc) is 1.63. The highest BCUT2D eigenvalue weighted by Gasteiger charge is 2.33. The van der Waals surface area contributed by atoms with Crippen LogP contribution in [-0.4, -0.2) is 133 Å². The normalized spacial score (nSPS) is 16.4. The van der Waals surface area contributed by atoms with Crippen molar-refractivity contribution in [2.45, 2.75) is 63.6 Å². The summed E-state index contributed by atoms with van der Waals surface area (Å²) >= 11 is 0. The van der Waals surface area contributed by atoms with E-state index in [0.29, 0.717) is 101 Å². The second-order valence-electron chi connectivity index (χ2n) is 24.3. The van der Waals surface area contributed by atoms with Gasteiger partial charge in [-0.15, -0.1) is 0 Å². The highest BCUT2D eigenvalue weighted by molar-refractivity contribution is 7.92. The quantitative estimate of drug-likeness (QED) is 0.0757. The molecular formula is C75H74N18O7S. The van der Waals surface area contributed by atoms with Crippen LogP contribution in [0.2, 0.25) is 0 Å². The minimum atomic E-state index is -3.51. The molecule has 0 saturated carbocycles. The van der Waals surface area contributed by atoms with Crippen LogP contribution >= 0.6 is 0 Å². The number of carbonyl (C=O) groups excluding carboxylic acids is 2. The van der Waals surface area contributed by atoms with E-state index in [1.807, 2.05) is 185 Å². The zero-order chi connectivity index (χ0) is 70.0. The van der Waals surface area contributed by atoms with Gasteiger partial charge in [-0.1, -0.05) is 73.8 Å². The number of hydrogen-bond acceptors (Lipinski definition) is 19. The topological polar surface area (TPSA) is 315 Å². The number of aromatic nitrogens is 12. The van der Waals surface area contributed by atoms with E-state index in [9.17, 15) is 18.0 Å². The van der Waals surface area contributed by atoms with Crippen LogP contribution in [0, 0.1) is 0 Å². The smallest absolute Gasteiger partial charge is 0.246 e. The third kappa shape index (κ3) is 15.0. The number of para-hydroxylation sites is 3. The maximum atomic E-state index is 12.4. The summed E-state index contributed by atoms with van der Waals surface area (Å²) in [4.78, 5) is 54.3. The van der Waals surface area contributed by atoms with Crippen molar-refractivity contribution in [3.63, 3.8) is 0 Å². The Morgan fingerprint density at radius 1 is 0.446 bits per heavy atom. The van der Waals surface area contributed by atoms with E-state index in [2.05, 4.69) is 43.1 Å². The van der Waals surface area contributed by atoms with Crippen LogP contribution in [0.3, 0.4) is 0 Å². The third-order valence-electron chi connectivity index (χ3n) is 17.7. The first kappa shape index (κ1) is 67.4. The van der Waals surface area contributed by atoms with E-state index in [0.717, 1.165) is 101 Å². The molecule has 3 atom stereocenters. The molecule has 0 radical (unpaired) electrons. The van der Waals surface area contributed by atoms with Crippen LogP contribution in [0.4, 0.5) is 17.5 Å². The monoisotopic (exact) mass is 1370 g/mol. The Balaban J connectivity index is 0.000000135. The molecule has 3 aliphatic heterocycles. The molecule has 3 aliphatic rings. The maximum Gasteiger partial charge on any atom is 0.246 e. The van der Waals surface area contributed by atoms with E-state index in [4.69, 9.17) is 46.7 Å². The summed E-state index contributed by atoms with van der Waals surface area (Å²) < 4.78 is 49.4. The van der Waals surface area contributed by atoms with Gasteiger partial charge >= 0.3 is 0 Å². The summed E-state index contributed by atoms with van der Waals surface area (Å²) in [6, 6.07) is 51.6. The molecule has 0 aliphatic carbocycles. The summed E-state index contributed by atoms with van der Waals surface area (Å²) in [6.45, 7) is 12.2. The van der Waals surface area contributed by atoms with Crippen molar-refractivity contribution < 1.29 is 32.2 Å². The summed E-state index contributed by atoms with van der Waals surface area (Å²) in [5.41, 5.74) is 25.4. The molecule has 0 spiro atoms. The number of allylic oxidation sites excluding steroid dienone is 1. The first-order valence-corrected chi connectivity index (χ1v) is 34.7.